The Morgan fingerprint density at radius 2 is 1.81 bits per heavy atom. The van der Waals surface area contributed by atoms with Gasteiger partial charge >= 0.3 is 0 Å². The van der Waals surface area contributed by atoms with E-state index in [4.69, 9.17) is 17.3 Å². The molecule has 7 atom stereocenters. The van der Waals surface area contributed by atoms with Crippen molar-refractivity contribution in [2.24, 2.45) is 29.4 Å². The van der Waals surface area contributed by atoms with Gasteiger partial charge in [0.25, 0.3) is 0 Å². The molecule has 1 aromatic carbocycles. The van der Waals surface area contributed by atoms with Gasteiger partial charge in [-0.2, -0.15) is 0 Å². The number of ketones is 4. The molecule has 4 rings (SSSR count). The molecule has 1 amide bonds. The van der Waals surface area contributed by atoms with Gasteiger partial charge in [0.2, 0.25) is 5.91 Å². The van der Waals surface area contributed by atoms with Crippen LogP contribution >= 0.6 is 11.6 Å². The van der Waals surface area contributed by atoms with Gasteiger partial charge in [0.15, 0.2) is 34.7 Å². The first-order chi connectivity index (χ1) is 14.8. The smallest absolute Gasteiger partial charge is 0.235 e. The van der Waals surface area contributed by atoms with E-state index >= 15 is 0 Å². The standard InChI is InChI=1S/C21H21ClN2O8/c1-24(2)14-7-5-6-10(16(27)12-9(25)4-3-8(22)11(12)15(6)26)18(29)21(7,32)19(30)13(17(14)28)20(23)31/h3-4,6-7,10,13-15,25-26,32H,5H2,1-2H3,(H2,23,31)/t6-,7+,10?,13?,14+,15+,21+/m1/s1. The number of halogens is 1. The second kappa shape index (κ2) is 7.17. The van der Waals surface area contributed by atoms with E-state index in [-0.39, 0.29) is 22.6 Å². The maximum atomic E-state index is 13.5. The summed E-state index contributed by atoms with van der Waals surface area (Å²) in [6, 6.07) is 1.18. The molecule has 11 heteroatoms. The number of aliphatic hydroxyl groups excluding tert-OH is 1. The molecule has 0 aromatic heterocycles. The molecule has 2 unspecified atom stereocenters. The second-order valence-corrected chi connectivity index (χ2v) is 9.20. The van der Waals surface area contributed by atoms with Gasteiger partial charge in [-0.05, 0) is 32.6 Å². The van der Waals surface area contributed by atoms with E-state index in [9.17, 15) is 39.3 Å². The van der Waals surface area contributed by atoms with Crippen molar-refractivity contribution >= 4 is 40.6 Å². The number of nitrogens with two attached hydrogens (primary N) is 1. The van der Waals surface area contributed by atoms with E-state index in [0.717, 1.165) is 6.07 Å². The summed E-state index contributed by atoms with van der Waals surface area (Å²) in [4.78, 5) is 66.1. The number of carbonyl (C=O) groups excluding carboxylic acids is 5. The largest absolute Gasteiger partial charge is 0.507 e. The number of aliphatic hydroxyl groups is 2. The third-order valence-corrected chi connectivity index (χ3v) is 7.31. The van der Waals surface area contributed by atoms with E-state index in [1.165, 1.54) is 25.1 Å². The molecule has 3 aliphatic rings. The maximum Gasteiger partial charge on any atom is 0.235 e. The minimum Gasteiger partial charge on any atom is -0.507 e. The van der Waals surface area contributed by atoms with Crippen molar-refractivity contribution in [3.63, 3.8) is 0 Å². The highest BCUT2D eigenvalue weighted by Crippen LogP contribution is 2.54. The Kier molecular flexibility index (Phi) is 5.05. The molecule has 3 aliphatic carbocycles. The number of fused-ring (bicyclic) bond motifs is 3. The van der Waals surface area contributed by atoms with Crippen LogP contribution in [-0.2, 0) is 19.2 Å². The number of nitrogens with zero attached hydrogens (tertiary/aromatic N) is 1. The van der Waals surface area contributed by atoms with E-state index in [1.807, 2.05) is 0 Å². The van der Waals surface area contributed by atoms with Crippen LogP contribution < -0.4 is 5.73 Å². The van der Waals surface area contributed by atoms with Crippen LogP contribution in [0.25, 0.3) is 0 Å². The molecule has 0 radical (unpaired) electrons. The summed E-state index contributed by atoms with van der Waals surface area (Å²) in [7, 11) is 2.94. The van der Waals surface area contributed by atoms with Crippen molar-refractivity contribution in [1.82, 2.24) is 4.90 Å². The minimum absolute atomic E-state index is 0.000803. The lowest BCUT2D eigenvalue weighted by Crippen LogP contribution is -2.74. The topological polar surface area (TPSA) is 175 Å². The van der Waals surface area contributed by atoms with Crippen LogP contribution in [-0.4, -0.2) is 75.0 Å². The molecule has 170 valence electrons. The van der Waals surface area contributed by atoms with Gasteiger partial charge < -0.3 is 21.1 Å². The molecular formula is C21H21ClN2O8. The highest BCUT2D eigenvalue weighted by Gasteiger charge is 2.70. The number of amides is 1. The Morgan fingerprint density at radius 1 is 1.19 bits per heavy atom. The summed E-state index contributed by atoms with van der Waals surface area (Å²) < 4.78 is 0. The monoisotopic (exact) mass is 464 g/mol. The van der Waals surface area contributed by atoms with Crippen LogP contribution in [0.2, 0.25) is 5.02 Å². The van der Waals surface area contributed by atoms with Crippen LogP contribution in [0.15, 0.2) is 12.1 Å². The quantitative estimate of drug-likeness (QED) is 0.400. The SMILES string of the molecule is CN(C)[C@@H]1C(=O)C(C(N)=O)C(=O)[C@@]2(O)C(=O)C3C(=O)c4c(O)ccc(Cl)c4[C@@H](O)[C@@H]3C[C@@H]12. The molecule has 0 spiro atoms. The summed E-state index contributed by atoms with van der Waals surface area (Å²) >= 11 is 6.16. The number of phenolic OH excluding ortho intramolecular Hbond substituents is 1. The molecule has 2 saturated carbocycles. The zero-order valence-electron chi connectivity index (χ0n) is 17.1. The van der Waals surface area contributed by atoms with Crippen molar-refractivity contribution in [2.45, 2.75) is 24.2 Å². The maximum absolute atomic E-state index is 13.5. The Morgan fingerprint density at radius 3 is 2.38 bits per heavy atom. The fraction of sp³-hybridized carbons (Fsp3) is 0.476. The Hall–Kier alpha value is -2.66. The van der Waals surface area contributed by atoms with Crippen molar-refractivity contribution in [3.05, 3.63) is 28.3 Å². The Bertz CT molecular complexity index is 1100. The average molecular weight is 465 g/mol. The number of carbonyl (C=O) groups is 5. The molecule has 5 N–H and O–H groups in total. The van der Waals surface area contributed by atoms with Gasteiger partial charge in [-0.1, -0.05) is 11.6 Å². The fourth-order valence-electron chi connectivity index (χ4n) is 5.60. The van der Waals surface area contributed by atoms with Gasteiger partial charge in [-0.25, -0.2) is 0 Å². The first-order valence-electron chi connectivity index (χ1n) is 9.89. The lowest BCUT2D eigenvalue weighted by Gasteiger charge is -2.53. The summed E-state index contributed by atoms with van der Waals surface area (Å²) in [6.07, 6.45) is -1.75. The van der Waals surface area contributed by atoms with E-state index in [0.29, 0.717) is 0 Å². The van der Waals surface area contributed by atoms with E-state index in [1.54, 1.807) is 0 Å². The summed E-state index contributed by atoms with van der Waals surface area (Å²) in [5, 5.41) is 32.6. The van der Waals surface area contributed by atoms with Crippen LogP contribution in [0.3, 0.4) is 0 Å². The number of rotatable bonds is 2. The van der Waals surface area contributed by atoms with Crippen LogP contribution in [0.1, 0.15) is 28.4 Å². The highest BCUT2D eigenvalue weighted by molar-refractivity contribution is 6.34. The van der Waals surface area contributed by atoms with Gasteiger partial charge in [0, 0.05) is 22.4 Å². The summed E-state index contributed by atoms with van der Waals surface area (Å²) in [5.41, 5.74) is 1.98. The lowest BCUT2D eigenvalue weighted by atomic mass is 9.52. The van der Waals surface area contributed by atoms with E-state index < -0.39 is 76.2 Å². The lowest BCUT2D eigenvalue weighted by molar-refractivity contribution is -0.184. The molecule has 0 heterocycles. The van der Waals surface area contributed by atoms with Gasteiger partial charge in [0.1, 0.15) is 5.75 Å². The predicted molar refractivity (Wildman–Crippen MR) is 108 cm³/mol. The second-order valence-electron chi connectivity index (χ2n) is 8.79. The minimum atomic E-state index is -2.84. The zero-order chi connectivity index (χ0) is 23.9. The van der Waals surface area contributed by atoms with Crippen LogP contribution in [0.5, 0.6) is 5.75 Å². The number of hydrogen-bond donors (Lipinski definition) is 4. The number of likely N-dealkylation sites (N-methyl/N-ethyl adjacent to an activating group) is 1. The predicted octanol–water partition coefficient (Wildman–Crippen LogP) is -0.989. The number of benzene rings is 1. The normalized spacial score (nSPS) is 36.6. The number of phenols is 1. The van der Waals surface area contributed by atoms with Crippen molar-refractivity contribution in [2.75, 3.05) is 14.1 Å². The van der Waals surface area contributed by atoms with Gasteiger partial charge in [-0.3, -0.25) is 28.9 Å². The third-order valence-electron chi connectivity index (χ3n) is 6.99. The number of aromatic hydroxyl groups is 1. The van der Waals surface area contributed by atoms with Gasteiger partial charge in [0.05, 0.1) is 23.6 Å². The number of Topliss-reactive ketones (excluding diaryl/α,β-unsaturated/α-hetero) is 4. The summed E-state index contributed by atoms with van der Waals surface area (Å²) in [5.74, 6) is -12.4. The fourth-order valence-corrected chi connectivity index (χ4v) is 5.87. The van der Waals surface area contributed by atoms with Gasteiger partial charge in [-0.15, -0.1) is 0 Å². The van der Waals surface area contributed by atoms with E-state index in [2.05, 4.69) is 0 Å². The average Bonchev–Trinajstić information content (AvgIpc) is 2.69. The molecule has 0 saturated heterocycles. The molecule has 2 fully saturated rings. The van der Waals surface area contributed by atoms with Crippen molar-refractivity contribution in [3.8, 4) is 5.75 Å². The molecule has 1 aromatic rings. The molecule has 10 nitrogen and oxygen atoms in total. The van der Waals surface area contributed by atoms with Crippen molar-refractivity contribution in [1.29, 1.82) is 0 Å². The third kappa shape index (κ3) is 2.67. The Balaban J connectivity index is 1.93. The van der Waals surface area contributed by atoms with Crippen LogP contribution in [0, 0.1) is 23.7 Å². The van der Waals surface area contributed by atoms with Crippen molar-refractivity contribution < 1.29 is 39.3 Å². The number of primary amides is 1. The van der Waals surface area contributed by atoms with Crippen LogP contribution in [0.4, 0.5) is 0 Å². The highest BCUT2D eigenvalue weighted by atomic mass is 35.5. The molecular weight excluding hydrogens is 444 g/mol. The molecule has 0 bridgehead atoms. The summed E-state index contributed by atoms with van der Waals surface area (Å²) in [6.45, 7) is 0. The molecule has 0 aliphatic heterocycles. The number of hydrogen-bond acceptors (Lipinski definition) is 9. The first-order valence-corrected chi connectivity index (χ1v) is 10.3. The zero-order valence-corrected chi connectivity index (χ0v) is 17.9. The Labute approximate surface area is 186 Å². The molecule has 32 heavy (non-hydrogen) atoms. The first kappa shape index (κ1) is 22.5.